The third-order valence-electron chi connectivity index (χ3n) is 3.75. The second kappa shape index (κ2) is 12.4. The molecule has 0 aliphatic rings. The molecule has 0 bridgehead atoms. The minimum Gasteiger partial charge on any atom is -0.345 e. The van der Waals surface area contributed by atoms with Crippen LogP contribution in [-0.4, -0.2) is 61.8 Å². The fourth-order valence-electron chi connectivity index (χ4n) is 2.23. The van der Waals surface area contributed by atoms with Crippen molar-refractivity contribution in [1.82, 2.24) is 21.3 Å². The molecule has 9 heteroatoms. The highest BCUT2D eigenvalue weighted by Crippen LogP contribution is 2.06. The molecule has 0 aromatic heterocycles. The van der Waals surface area contributed by atoms with Gasteiger partial charge in [-0.25, -0.2) is 0 Å². The van der Waals surface area contributed by atoms with E-state index in [9.17, 15) is 19.2 Å². The molecule has 3 amide bonds. The molecule has 6 N–H and O–H groups in total. The molecule has 0 spiro atoms. The first-order chi connectivity index (χ1) is 12.1. The minimum absolute atomic E-state index is 0.0880. The van der Waals surface area contributed by atoms with Gasteiger partial charge in [-0.3, -0.25) is 19.2 Å². The average Bonchev–Trinajstić information content (AvgIpc) is 2.53. The van der Waals surface area contributed by atoms with E-state index in [2.05, 4.69) is 21.3 Å². The normalized spacial score (nSPS) is 14.3. The number of nitrogens with two attached hydrogens (primary N) is 1. The van der Waals surface area contributed by atoms with E-state index in [1.165, 1.54) is 6.92 Å². The van der Waals surface area contributed by atoms with Gasteiger partial charge in [0.1, 0.15) is 12.1 Å². The van der Waals surface area contributed by atoms with Gasteiger partial charge in [0.25, 0.3) is 0 Å². The van der Waals surface area contributed by atoms with E-state index in [0.29, 0.717) is 6.42 Å². The summed E-state index contributed by atoms with van der Waals surface area (Å²) in [5, 5.41) is 10.6. The zero-order chi connectivity index (χ0) is 20.3. The zero-order valence-electron chi connectivity index (χ0n) is 16.3. The summed E-state index contributed by atoms with van der Waals surface area (Å²) in [5.74, 6) is -1.25. The van der Waals surface area contributed by atoms with Crippen LogP contribution in [0.3, 0.4) is 0 Å². The van der Waals surface area contributed by atoms with Crippen LogP contribution in [0, 0.1) is 5.92 Å². The molecule has 0 rings (SSSR count). The molecule has 26 heavy (non-hydrogen) atoms. The number of hydrogen-bond donors (Lipinski definition) is 5. The molecule has 0 aliphatic heterocycles. The second-order valence-corrected chi connectivity index (χ2v) is 6.76. The van der Waals surface area contributed by atoms with Crippen molar-refractivity contribution in [2.45, 2.75) is 58.7 Å². The standard InChI is InChI=1S/C17H33N5O4/c1-10(2)8-14(21-15(24)9-19-5)17(26)22-13(6-7-18)16(25)20-11(3)12(4)23/h10-11,13-14,19H,6-9,18H2,1-5H3,(H,20,25)(H,21,24)(H,22,26)/t11-,13-,14+/m0/s1. The number of carbonyl (C=O) groups excluding carboxylic acids is 4. The van der Waals surface area contributed by atoms with Crippen LogP contribution in [0.25, 0.3) is 0 Å². The lowest BCUT2D eigenvalue weighted by Crippen LogP contribution is -2.56. The fourth-order valence-corrected chi connectivity index (χ4v) is 2.23. The third-order valence-corrected chi connectivity index (χ3v) is 3.75. The average molecular weight is 371 g/mol. The Morgan fingerprint density at radius 1 is 0.923 bits per heavy atom. The predicted octanol–water partition coefficient (Wildman–Crippen LogP) is -1.34. The van der Waals surface area contributed by atoms with Gasteiger partial charge in [0, 0.05) is 0 Å². The summed E-state index contributed by atoms with van der Waals surface area (Å²) in [6.45, 7) is 7.09. The van der Waals surface area contributed by atoms with Gasteiger partial charge < -0.3 is 27.0 Å². The summed E-state index contributed by atoms with van der Waals surface area (Å²) in [4.78, 5) is 48.0. The fraction of sp³-hybridized carbons (Fsp3) is 0.765. The number of Topliss-reactive ketones (excluding diaryl/α,β-unsaturated/α-hetero) is 1. The topological polar surface area (TPSA) is 142 Å². The van der Waals surface area contributed by atoms with Gasteiger partial charge in [-0.15, -0.1) is 0 Å². The monoisotopic (exact) mass is 371 g/mol. The van der Waals surface area contributed by atoms with E-state index in [0.717, 1.165) is 0 Å². The van der Waals surface area contributed by atoms with Crippen molar-refractivity contribution >= 4 is 23.5 Å². The number of ketones is 1. The molecule has 0 aliphatic carbocycles. The molecule has 0 aromatic carbocycles. The molecule has 0 fully saturated rings. The molecule has 0 heterocycles. The Balaban J connectivity index is 5.06. The van der Waals surface area contributed by atoms with Gasteiger partial charge >= 0.3 is 0 Å². The van der Waals surface area contributed by atoms with Crippen LogP contribution >= 0.6 is 0 Å². The molecule has 0 aromatic rings. The maximum Gasteiger partial charge on any atom is 0.243 e. The van der Waals surface area contributed by atoms with Crippen LogP contribution < -0.4 is 27.0 Å². The molecule has 0 saturated heterocycles. The van der Waals surface area contributed by atoms with Crippen molar-refractivity contribution in [2.75, 3.05) is 20.1 Å². The summed E-state index contributed by atoms with van der Waals surface area (Å²) in [7, 11) is 1.63. The maximum atomic E-state index is 12.6. The van der Waals surface area contributed by atoms with Gasteiger partial charge in [-0.2, -0.15) is 0 Å². The summed E-state index contributed by atoms with van der Waals surface area (Å²) in [6, 6.07) is -2.28. The zero-order valence-corrected chi connectivity index (χ0v) is 16.3. The van der Waals surface area contributed by atoms with Crippen LogP contribution in [0.15, 0.2) is 0 Å². The van der Waals surface area contributed by atoms with E-state index in [1.807, 2.05) is 13.8 Å². The molecular weight excluding hydrogens is 338 g/mol. The summed E-state index contributed by atoms with van der Waals surface area (Å²) < 4.78 is 0. The van der Waals surface area contributed by atoms with Gasteiger partial charge in [-0.05, 0) is 46.2 Å². The Hall–Kier alpha value is -2.00. The molecule has 0 saturated carbocycles. The maximum absolute atomic E-state index is 12.6. The van der Waals surface area contributed by atoms with Crippen molar-refractivity contribution in [3.8, 4) is 0 Å². The smallest absolute Gasteiger partial charge is 0.243 e. The second-order valence-electron chi connectivity index (χ2n) is 6.76. The molecular formula is C17H33N5O4. The van der Waals surface area contributed by atoms with E-state index in [4.69, 9.17) is 5.73 Å². The summed E-state index contributed by atoms with van der Waals surface area (Å²) >= 11 is 0. The Morgan fingerprint density at radius 3 is 1.96 bits per heavy atom. The quantitative estimate of drug-likeness (QED) is 0.287. The van der Waals surface area contributed by atoms with Gasteiger partial charge in [-0.1, -0.05) is 13.8 Å². The molecule has 9 nitrogen and oxygen atoms in total. The first-order valence-electron chi connectivity index (χ1n) is 8.87. The Bertz CT molecular complexity index is 496. The van der Waals surface area contributed by atoms with Gasteiger partial charge in [0.2, 0.25) is 17.7 Å². The van der Waals surface area contributed by atoms with Crippen molar-refractivity contribution in [2.24, 2.45) is 11.7 Å². The van der Waals surface area contributed by atoms with Crippen LogP contribution in [0.1, 0.15) is 40.5 Å². The number of hydrogen-bond acceptors (Lipinski definition) is 6. The number of carbonyl (C=O) groups is 4. The lowest BCUT2D eigenvalue weighted by Gasteiger charge is -2.24. The SMILES string of the molecule is CNCC(=O)N[C@H](CC(C)C)C(=O)N[C@@H](CCN)C(=O)N[C@@H](C)C(C)=O. The van der Waals surface area contributed by atoms with Crippen molar-refractivity contribution in [3.05, 3.63) is 0 Å². The largest absolute Gasteiger partial charge is 0.345 e. The Morgan fingerprint density at radius 2 is 1.50 bits per heavy atom. The number of nitrogens with one attached hydrogen (secondary N) is 4. The minimum atomic E-state index is -0.870. The highest BCUT2D eigenvalue weighted by Gasteiger charge is 2.27. The van der Waals surface area contributed by atoms with Crippen LogP contribution in [-0.2, 0) is 19.2 Å². The Kier molecular flexibility index (Phi) is 11.4. The predicted molar refractivity (Wildman–Crippen MR) is 99.2 cm³/mol. The summed E-state index contributed by atoms with van der Waals surface area (Å²) in [5.41, 5.74) is 5.53. The van der Waals surface area contributed by atoms with E-state index >= 15 is 0 Å². The third kappa shape index (κ3) is 9.47. The van der Waals surface area contributed by atoms with E-state index in [1.54, 1.807) is 14.0 Å². The van der Waals surface area contributed by atoms with Crippen LogP contribution in [0.5, 0.6) is 0 Å². The number of rotatable bonds is 12. The van der Waals surface area contributed by atoms with E-state index < -0.39 is 29.9 Å². The van der Waals surface area contributed by atoms with Crippen molar-refractivity contribution < 1.29 is 19.2 Å². The molecule has 0 unspecified atom stereocenters. The number of likely N-dealkylation sites (N-methyl/N-ethyl adjacent to an activating group) is 1. The van der Waals surface area contributed by atoms with Crippen LogP contribution in [0.2, 0.25) is 0 Å². The van der Waals surface area contributed by atoms with E-state index in [-0.39, 0.29) is 37.1 Å². The molecule has 3 atom stereocenters. The first kappa shape index (κ1) is 24.0. The lowest BCUT2D eigenvalue weighted by atomic mass is 10.0. The molecule has 0 radical (unpaired) electrons. The summed E-state index contributed by atoms with van der Waals surface area (Å²) in [6.07, 6.45) is 0.656. The highest BCUT2D eigenvalue weighted by molar-refractivity contribution is 5.94. The Labute approximate surface area is 155 Å². The molecule has 150 valence electrons. The van der Waals surface area contributed by atoms with Crippen molar-refractivity contribution in [3.63, 3.8) is 0 Å². The van der Waals surface area contributed by atoms with Gasteiger partial charge in [0.15, 0.2) is 5.78 Å². The van der Waals surface area contributed by atoms with Crippen molar-refractivity contribution in [1.29, 1.82) is 0 Å². The number of amides is 3. The van der Waals surface area contributed by atoms with Crippen LogP contribution in [0.4, 0.5) is 0 Å². The van der Waals surface area contributed by atoms with Gasteiger partial charge in [0.05, 0.1) is 12.6 Å². The lowest BCUT2D eigenvalue weighted by molar-refractivity contribution is -0.133. The highest BCUT2D eigenvalue weighted by atomic mass is 16.2. The first-order valence-corrected chi connectivity index (χ1v) is 8.87.